The second-order valence-electron chi connectivity index (χ2n) is 4.46. The Morgan fingerprint density at radius 1 is 1.10 bits per heavy atom. The molecule has 0 fully saturated rings. The summed E-state index contributed by atoms with van der Waals surface area (Å²) in [5, 5.41) is 2.77. The Morgan fingerprint density at radius 2 is 1.86 bits per heavy atom. The maximum absolute atomic E-state index is 12.3. The summed E-state index contributed by atoms with van der Waals surface area (Å²) < 4.78 is 10.4. The van der Waals surface area contributed by atoms with Crippen LogP contribution >= 0.6 is 0 Å². The van der Waals surface area contributed by atoms with E-state index in [9.17, 15) is 4.79 Å². The van der Waals surface area contributed by atoms with Crippen LogP contribution in [0.15, 0.2) is 24.3 Å². The zero-order valence-electron chi connectivity index (χ0n) is 12.4. The molecule has 2 aromatic rings. The fraction of sp³-hybridized carbons (Fsp3) is 0.267. The third-order valence-corrected chi connectivity index (χ3v) is 2.85. The molecule has 0 aliphatic carbocycles. The van der Waals surface area contributed by atoms with E-state index in [1.165, 1.54) is 7.11 Å². The maximum atomic E-state index is 12.3. The Balaban J connectivity index is 2.30. The molecule has 6 heteroatoms. The van der Waals surface area contributed by atoms with Gasteiger partial charge in [-0.05, 0) is 32.0 Å². The average molecular weight is 287 g/mol. The minimum absolute atomic E-state index is 0.310. The zero-order valence-corrected chi connectivity index (χ0v) is 12.4. The highest BCUT2D eigenvalue weighted by Crippen LogP contribution is 2.29. The quantitative estimate of drug-likeness (QED) is 0.934. The summed E-state index contributed by atoms with van der Waals surface area (Å²) in [7, 11) is 3.10. The van der Waals surface area contributed by atoms with Crippen LogP contribution in [0.3, 0.4) is 0 Å². The maximum Gasteiger partial charge on any atom is 0.274 e. The number of aryl methyl sites for hydroxylation is 2. The second kappa shape index (κ2) is 6.21. The molecule has 1 amide bonds. The second-order valence-corrected chi connectivity index (χ2v) is 4.46. The molecule has 0 unspecified atom stereocenters. The number of nitrogens with zero attached hydrogens (tertiary/aromatic N) is 2. The van der Waals surface area contributed by atoms with E-state index in [0.29, 0.717) is 28.7 Å². The first-order valence-electron chi connectivity index (χ1n) is 6.39. The molecule has 0 radical (unpaired) electrons. The first kappa shape index (κ1) is 14.8. The first-order chi connectivity index (χ1) is 10.0. The molecule has 0 saturated heterocycles. The van der Waals surface area contributed by atoms with Gasteiger partial charge in [0.2, 0.25) is 0 Å². The van der Waals surface area contributed by atoms with E-state index in [4.69, 9.17) is 9.47 Å². The van der Waals surface area contributed by atoms with Gasteiger partial charge in [0.15, 0.2) is 0 Å². The Kier molecular flexibility index (Phi) is 4.37. The molecule has 1 N–H and O–H groups in total. The predicted molar refractivity (Wildman–Crippen MR) is 79.0 cm³/mol. The molecular formula is C15H17N3O3. The predicted octanol–water partition coefficient (Wildman–Crippen LogP) is 2.36. The van der Waals surface area contributed by atoms with Crippen molar-refractivity contribution in [3.05, 3.63) is 41.5 Å². The van der Waals surface area contributed by atoms with Gasteiger partial charge in [-0.2, -0.15) is 0 Å². The largest absolute Gasteiger partial charge is 0.497 e. The number of benzene rings is 1. The fourth-order valence-corrected chi connectivity index (χ4v) is 1.93. The first-order valence-corrected chi connectivity index (χ1v) is 6.39. The summed E-state index contributed by atoms with van der Waals surface area (Å²) in [6, 6.07) is 6.81. The number of carbonyl (C=O) groups is 1. The van der Waals surface area contributed by atoms with Crippen LogP contribution < -0.4 is 14.8 Å². The molecule has 21 heavy (non-hydrogen) atoms. The van der Waals surface area contributed by atoms with Crippen LogP contribution in [0.25, 0.3) is 0 Å². The molecule has 0 aliphatic rings. The molecule has 2 rings (SSSR count). The molecular weight excluding hydrogens is 270 g/mol. The van der Waals surface area contributed by atoms with Crippen molar-refractivity contribution in [3.63, 3.8) is 0 Å². The van der Waals surface area contributed by atoms with Gasteiger partial charge in [-0.25, -0.2) is 9.97 Å². The minimum atomic E-state index is -0.324. The van der Waals surface area contributed by atoms with Crippen LogP contribution in [-0.2, 0) is 0 Å². The van der Waals surface area contributed by atoms with Crippen LogP contribution in [-0.4, -0.2) is 30.1 Å². The van der Waals surface area contributed by atoms with Crippen molar-refractivity contribution >= 4 is 11.6 Å². The van der Waals surface area contributed by atoms with E-state index in [2.05, 4.69) is 15.3 Å². The van der Waals surface area contributed by atoms with E-state index in [1.807, 2.05) is 6.92 Å². The number of rotatable bonds is 4. The number of nitrogens with one attached hydrogen (secondary N) is 1. The summed E-state index contributed by atoms with van der Waals surface area (Å²) >= 11 is 0. The molecule has 1 heterocycles. The van der Waals surface area contributed by atoms with Crippen LogP contribution in [0, 0.1) is 13.8 Å². The van der Waals surface area contributed by atoms with Gasteiger partial charge in [-0.1, -0.05) is 0 Å². The van der Waals surface area contributed by atoms with Gasteiger partial charge in [-0.3, -0.25) is 4.79 Å². The van der Waals surface area contributed by atoms with E-state index < -0.39 is 0 Å². The van der Waals surface area contributed by atoms with Crippen LogP contribution in [0.4, 0.5) is 5.69 Å². The van der Waals surface area contributed by atoms with Gasteiger partial charge in [0.05, 0.1) is 19.9 Å². The van der Waals surface area contributed by atoms with Crippen molar-refractivity contribution < 1.29 is 14.3 Å². The number of carbonyl (C=O) groups excluding carboxylic acids is 1. The van der Waals surface area contributed by atoms with Crippen LogP contribution in [0.2, 0.25) is 0 Å². The lowest BCUT2D eigenvalue weighted by Crippen LogP contribution is -2.15. The lowest BCUT2D eigenvalue weighted by atomic mass is 10.2. The topological polar surface area (TPSA) is 73.3 Å². The molecule has 6 nitrogen and oxygen atoms in total. The number of methoxy groups -OCH3 is 2. The van der Waals surface area contributed by atoms with Gasteiger partial charge < -0.3 is 14.8 Å². The fourth-order valence-electron chi connectivity index (χ4n) is 1.93. The molecule has 0 bridgehead atoms. The molecule has 0 atom stereocenters. The number of amides is 1. The van der Waals surface area contributed by atoms with E-state index in [-0.39, 0.29) is 5.91 Å². The smallest absolute Gasteiger partial charge is 0.274 e. The highest BCUT2D eigenvalue weighted by Gasteiger charge is 2.13. The molecule has 0 spiro atoms. The third kappa shape index (κ3) is 3.47. The van der Waals surface area contributed by atoms with Crippen LogP contribution in [0.1, 0.15) is 22.0 Å². The normalized spacial score (nSPS) is 10.1. The molecule has 0 aliphatic heterocycles. The Morgan fingerprint density at radius 3 is 2.48 bits per heavy atom. The number of ether oxygens (including phenoxy) is 2. The van der Waals surface area contributed by atoms with Crippen LogP contribution in [0.5, 0.6) is 11.5 Å². The summed E-state index contributed by atoms with van der Waals surface area (Å²) in [6.45, 7) is 3.56. The van der Waals surface area contributed by atoms with Gasteiger partial charge in [-0.15, -0.1) is 0 Å². The van der Waals surface area contributed by atoms with Crippen molar-refractivity contribution in [1.29, 1.82) is 0 Å². The molecule has 110 valence electrons. The van der Waals surface area contributed by atoms with Gasteiger partial charge in [0.1, 0.15) is 23.0 Å². The van der Waals surface area contributed by atoms with E-state index in [1.54, 1.807) is 38.3 Å². The zero-order chi connectivity index (χ0) is 15.4. The number of anilines is 1. The van der Waals surface area contributed by atoms with Gasteiger partial charge in [0.25, 0.3) is 5.91 Å². The van der Waals surface area contributed by atoms with Crippen molar-refractivity contribution in [3.8, 4) is 11.5 Å². The lowest BCUT2D eigenvalue weighted by Gasteiger charge is -2.11. The SMILES string of the molecule is COc1ccc(OC)c(NC(=O)c2cc(C)nc(C)n2)c1. The van der Waals surface area contributed by atoms with Crippen molar-refractivity contribution in [2.45, 2.75) is 13.8 Å². The standard InChI is InChI=1S/C15H17N3O3/c1-9-7-13(17-10(2)16-9)15(19)18-12-8-11(20-3)5-6-14(12)21-4/h5-8H,1-4H3,(H,18,19). The highest BCUT2D eigenvalue weighted by molar-refractivity contribution is 6.03. The summed E-state index contributed by atoms with van der Waals surface area (Å²) in [5.74, 6) is 1.40. The molecule has 1 aromatic heterocycles. The van der Waals surface area contributed by atoms with Crippen molar-refractivity contribution in [1.82, 2.24) is 9.97 Å². The summed E-state index contributed by atoms with van der Waals surface area (Å²) in [4.78, 5) is 20.6. The van der Waals surface area contributed by atoms with Crippen molar-refractivity contribution in [2.24, 2.45) is 0 Å². The summed E-state index contributed by atoms with van der Waals surface area (Å²) in [5.41, 5.74) is 1.57. The summed E-state index contributed by atoms with van der Waals surface area (Å²) in [6.07, 6.45) is 0. The molecule has 1 aromatic carbocycles. The highest BCUT2D eigenvalue weighted by atomic mass is 16.5. The Hall–Kier alpha value is -2.63. The van der Waals surface area contributed by atoms with E-state index in [0.717, 1.165) is 5.69 Å². The Bertz CT molecular complexity index is 651. The van der Waals surface area contributed by atoms with E-state index >= 15 is 0 Å². The lowest BCUT2D eigenvalue weighted by molar-refractivity contribution is 0.102. The number of aromatic nitrogens is 2. The van der Waals surface area contributed by atoms with Gasteiger partial charge in [0, 0.05) is 11.8 Å². The number of hydrogen-bond acceptors (Lipinski definition) is 5. The average Bonchev–Trinajstić information content (AvgIpc) is 2.46. The van der Waals surface area contributed by atoms with Gasteiger partial charge >= 0.3 is 0 Å². The molecule has 0 saturated carbocycles. The third-order valence-electron chi connectivity index (χ3n) is 2.85. The minimum Gasteiger partial charge on any atom is -0.497 e. The Labute approximate surface area is 123 Å². The monoisotopic (exact) mass is 287 g/mol. The number of hydrogen-bond donors (Lipinski definition) is 1. The van der Waals surface area contributed by atoms with Crippen molar-refractivity contribution in [2.75, 3.05) is 19.5 Å².